The number of aromatic nitrogens is 5. The molecule has 3 aromatic rings. The van der Waals surface area contributed by atoms with Crippen LogP contribution in [-0.2, 0) is 0 Å². The quantitative estimate of drug-likeness (QED) is 0.729. The zero-order valence-corrected chi connectivity index (χ0v) is 10.2. The molecule has 2 N–H and O–H groups in total. The van der Waals surface area contributed by atoms with Gasteiger partial charge >= 0.3 is 0 Å². The maximum Gasteiger partial charge on any atom is 0.269 e. The molecule has 7 nitrogen and oxygen atoms in total. The first-order valence-corrected chi connectivity index (χ1v) is 5.88. The minimum Gasteiger partial charge on any atom is -0.364 e. The van der Waals surface area contributed by atoms with Crippen LogP contribution in [0.5, 0.6) is 0 Å². The second-order valence-corrected chi connectivity index (χ2v) is 4.71. The van der Waals surface area contributed by atoms with Gasteiger partial charge in [-0.2, -0.15) is 14.0 Å². The highest BCUT2D eigenvalue weighted by Crippen LogP contribution is 2.19. The van der Waals surface area contributed by atoms with Crippen LogP contribution >= 0.6 is 11.5 Å². The molecule has 0 unspecified atom stereocenters. The van der Waals surface area contributed by atoms with Crippen LogP contribution in [0.15, 0.2) is 18.2 Å². The van der Waals surface area contributed by atoms with Crippen LogP contribution in [0.1, 0.15) is 15.4 Å². The Labute approximate surface area is 105 Å². The standard InChI is InChI=1S/C10H8N6OS/c1-5-4-7(15-18-5)10-13-12-8-3-2-6(9(11)17)14-16(8)10/h2-4H,1H3,(H2,11,17). The molecular formula is C10H8N6OS. The Morgan fingerprint density at radius 2 is 2.22 bits per heavy atom. The predicted molar refractivity (Wildman–Crippen MR) is 65.1 cm³/mol. The van der Waals surface area contributed by atoms with Crippen molar-refractivity contribution in [2.24, 2.45) is 5.73 Å². The van der Waals surface area contributed by atoms with E-state index in [1.807, 2.05) is 13.0 Å². The van der Waals surface area contributed by atoms with Gasteiger partial charge in [0.05, 0.1) is 0 Å². The first kappa shape index (κ1) is 10.8. The molecule has 0 spiro atoms. The number of hydrogen-bond donors (Lipinski definition) is 1. The van der Waals surface area contributed by atoms with Crippen molar-refractivity contribution in [1.82, 2.24) is 24.2 Å². The Kier molecular flexibility index (Phi) is 2.30. The third-order valence-electron chi connectivity index (χ3n) is 2.37. The zero-order valence-electron chi connectivity index (χ0n) is 9.36. The van der Waals surface area contributed by atoms with Crippen molar-refractivity contribution in [3.05, 3.63) is 28.8 Å². The van der Waals surface area contributed by atoms with Crippen molar-refractivity contribution in [1.29, 1.82) is 0 Å². The molecule has 3 aromatic heterocycles. The number of rotatable bonds is 2. The summed E-state index contributed by atoms with van der Waals surface area (Å²) < 4.78 is 5.71. The van der Waals surface area contributed by atoms with Crippen molar-refractivity contribution in [2.45, 2.75) is 6.92 Å². The number of hydrogen-bond acceptors (Lipinski definition) is 6. The predicted octanol–water partition coefficient (Wildman–Crippen LogP) is 0.655. The fourth-order valence-electron chi connectivity index (χ4n) is 1.55. The van der Waals surface area contributed by atoms with Crippen LogP contribution in [0.2, 0.25) is 0 Å². The van der Waals surface area contributed by atoms with Crippen LogP contribution in [0.3, 0.4) is 0 Å². The van der Waals surface area contributed by atoms with E-state index in [0.29, 0.717) is 17.2 Å². The van der Waals surface area contributed by atoms with Gasteiger partial charge in [0.2, 0.25) is 5.82 Å². The number of primary amides is 1. The van der Waals surface area contributed by atoms with Crippen LogP contribution in [0.4, 0.5) is 0 Å². The maximum absolute atomic E-state index is 11.1. The molecular weight excluding hydrogens is 252 g/mol. The Morgan fingerprint density at radius 1 is 1.39 bits per heavy atom. The molecule has 0 fully saturated rings. The van der Waals surface area contributed by atoms with E-state index in [1.54, 1.807) is 6.07 Å². The lowest BCUT2D eigenvalue weighted by Gasteiger charge is -1.97. The summed E-state index contributed by atoms with van der Waals surface area (Å²) in [6, 6.07) is 5.05. The molecule has 0 aromatic carbocycles. The molecule has 18 heavy (non-hydrogen) atoms. The fraction of sp³-hybridized carbons (Fsp3) is 0.100. The van der Waals surface area contributed by atoms with Crippen molar-refractivity contribution in [3.8, 4) is 11.5 Å². The minimum atomic E-state index is -0.592. The van der Waals surface area contributed by atoms with Crippen molar-refractivity contribution >= 4 is 23.1 Å². The summed E-state index contributed by atoms with van der Waals surface area (Å²) in [5.41, 5.74) is 6.58. The summed E-state index contributed by atoms with van der Waals surface area (Å²) in [4.78, 5) is 12.2. The van der Waals surface area contributed by atoms with E-state index in [2.05, 4.69) is 19.7 Å². The Bertz CT molecular complexity index is 746. The van der Waals surface area contributed by atoms with Crippen LogP contribution < -0.4 is 5.73 Å². The molecule has 3 heterocycles. The van der Waals surface area contributed by atoms with E-state index in [9.17, 15) is 4.79 Å². The number of nitrogens with zero attached hydrogens (tertiary/aromatic N) is 5. The van der Waals surface area contributed by atoms with Gasteiger partial charge in [0.25, 0.3) is 5.91 Å². The molecule has 3 rings (SSSR count). The number of aryl methyl sites for hydroxylation is 1. The molecule has 0 radical (unpaired) electrons. The molecule has 90 valence electrons. The summed E-state index contributed by atoms with van der Waals surface area (Å²) in [5, 5.41) is 12.1. The van der Waals surface area contributed by atoms with Gasteiger partial charge in [0.15, 0.2) is 5.65 Å². The van der Waals surface area contributed by atoms with Crippen molar-refractivity contribution < 1.29 is 4.79 Å². The van der Waals surface area contributed by atoms with E-state index in [0.717, 1.165) is 4.88 Å². The fourth-order valence-corrected chi connectivity index (χ4v) is 2.09. The Balaban J connectivity index is 2.23. The third-order valence-corrected chi connectivity index (χ3v) is 3.07. The lowest BCUT2D eigenvalue weighted by Crippen LogP contribution is -2.14. The lowest BCUT2D eigenvalue weighted by molar-refractivity contribution is 0.0994. The van der Waals surface area contributed by atoms with Gasteiger partial charge in [0, 0.05) is 4.88 Å². The lowest BCUT2D eigenvalue weighted by atomic mass is 10.3. The summed E-state index contributed by atoms with van der Waals surface area (Å²) >= 11 is 1.37. The van der Waals surface area contributed by atoms with E-state index in [1.165, 1.54) is 22.1 Å². The second-order valence-electron chi connectivity index (χ2n) is 3.70. The molecule has 8 heteroatoms. The summed E-state index contributed by atoms with van der Waals surface area (Å²) in [6.07, 6.45) is 0. The summed E-state index contributed by atoms with van der Waals surface area (Å²) in [6.45, 7) is 1.95. The molecule has 0 saturated carbocycles. The monoisotopic (exact) mass is 260 g/mol. The zero-order chi connectivity index (χ0) is 12.7. The van der Waals surface area contributed by atoms with Gasteiger partial charge < -0.3 is 5.73 Å². The van der Waals surface area contributed by atoms with Crippen LogP contribution in [0, 0.1) is 6.92 Å². The van der Waals surface area contributed by atoms with Gasteiger partial charge in [-0.1, -0.05) is 0 Å². The van der Waals surface area contributed by atoms with Gasteiger partial charge in [-0.3, -0.25) is 4.79 Å². The van der Waals surface area contributed by atoms with E-state index in [-0.39, 0.29) is 5.69 Å². The molecule has 0 saturated heterocycles. The molecule has 0 aliphatic heterocycles. The van der Waals surface area contributed by atoms with Crippen LogP contribution in [-0.4, -0.2) is 30.1 Å². The van der Waals surface area contributed by atoms with Gasteiger partial charge in [-0.25, -0.2) is 0 Å². The number of nitrogens with two attached hydrogens (primary N) is 1. The highest BCUT2D eigenvalue weighted by molar-refractivity contribution is 7.05. The number of carbonyl (C=O) groups excluding carboxylic acids is 1. The van der Waals surface area contributed by atoms with Crippen molar-refractivity contribution in [2.75, 3.05) is 0 Å². The topological polar surface area (TPSA) is 99.1 Å². The summed E-state index contributed by atoms with van der Waals surface area (Å²) in [5.74, 6) is -0.0940. The van der Waals surface area contributed by atoms with E-state index >= 15 is 0 Å². The van der Waals surface area contributed by atoms with Crippen LogP contribution in [0.25, 0.3) is 17.2 Å². The number of fused-ring (bicyclic) bond motifs is 1. The molecule has 0 aliphatic carbocycles. The average Bonchev–Trinajstić information content (AvgIpc) is 2.93. The smallest absolute Gasteiger partial charge is 0.269 e. The SMILES string of the molecule is Cc1cc(-c2nnc3ccc(C(N)=O)nn23)ns1. The first-order valence-electron chi connectivity index (χ1n) is 5.11. The Morgan fingerprint density at radius 3 is 2.89 bits per heavy atom. The minimum absolute atomic E-state index is 0.163. The van der Waals surface area contributed by atoms with Crippen molar-refractivity contribution in [3.63, 3.8) is 0 Å². The number of carbonyl (C=O) groups is 1. The third kappa shape index (κ3) is 1.63. The molecule has 0 atom stereocenters. The first-order chi connectivity index (χ1) is 8.65. The van der Waals surface area contributed by atoms with Gasteiger partial charge in [-0.15, -0.1) is 10.2 Å². The normalized spacial score (nSPS) is 10.9. The Hall–Kier alpha value is -2.35. The number of amides is 1. The highest BCUT2D eigenvalue weighted by Gasteiger charge is 2.13. The molecule has 0 bridgehead atoms. The van der Waals surface area contributed by atoms with E-state index in [4.69, 9.17) is 5.73 Å². The summed E-state index contributed by atoms with van der Waals surface area (Å²) in [7, 11) is 0. The maximum atomic E-state index is 11.1. The van der Waals surface area contributed by atoms with Gasteiger partial charge in [0.1, 0.15) is 11.4 Å². The van der Waals surface area contributed by atoms with E-state index < -0.39 is 5.91 Å². The second kappa shape index (κ2) is 3.84. The largest absolute Gasteiger partial charge is 0.364 e. The molecule has 1 amide bonds. The van der Waals surface area contributed by atoms with Gasteiger partial charge in [-0.05, 0) is 36.7 Å². The highest BCUT2D eigenvalue weighted by atomic mass is 32.1. The molecule has 0 aliphatic rings. The average molecular weight is 260 g/mol.